The van der Waals surface area contributed by atoms with E-state index >= 15 is 0 Å². The Morgan fingerprint density at radius 1 is 1.35 bits per heavy atom. The molecule has 0 bridgehead atoms. The average molecular weight is 252 g/mol. The van der Waals surface area contributed by atoms with E-state index in [1.165, 1.54) is 31.2 Å². The zero-order chi connectivity index (χ0) is 11.9. The van der Waals surface area contributed by atoms with Crippen molar-refractivity contribution in [2.45, 2.75) is 31.1 Å². The van der Waals surface area contributed by atoms with E-state index in [0.29, 0.717) is 5.02 Å². The zero-order valence-corrected chi connectivity index (χ0v) is 10.7. The molecule has 0 heterocycles. The molecular weight excluding hydrogens is 234 g/mol. The number of hydrogen-bond acceptors (Lipinski definition) is 2. The molecule has 17 heavy (non-hydrogen) atoms. The highest BCUT2D eigenvalue weighted by atomic mass is 35.5. The largest absolute Gasteiger partial charge is 0.492 e. The van der Waals surface area contributed by atoms with Crippen LogP contribution >= 0.6 is 11.6 Å². The third kappa shape index (κ3) is 2.29. The first kappa shape index (κ1) is 11.4. The molecule has 1 aromatic rings. The fraction of sp³-hybridized carbons (Fsp3) is 0.571. The van der Waals surface area contributed by atoms with E-state index < -0.39 is 0 Å². The number of benzene rings is 1. The minimum Gasteiger partial charge on any atom is -0.492 e. The Kier molecular flexibility index (Phi) is 2.80. The summed E-state index contributed by atoms with van der Waals surface area (Å²) in [5.74, 6) is 1.58. The summed E-state index contributed by atoms with van der Waals surface area (Å²) < 4.78 is 5.80. The average Bonchev–Trinajstić information content (AvgIpc) is 3.22. The maximum absolute atomic E-state index is 6.16. The molecule has 0 aromatic heterocycles. The summed E-state index contributed by atoms with van der Waals surface area (Å²) in [6, 6.07) is 6.12. The molecule has 3 heteroatoms. The Morgan fingerprint density at radius 2 is 2.12 bits per heavy atom. The number of rotatable bonds is 5. The Bertz CT molecular complexity index is 424. The van der Waals surface area contributed by atoms with Gasteiger partial charge in [0.05, 0.1) is 11.6 Å². The summed E-state index contributed by atoms with van der Waals surface area (Å²) >= 11 is 6.16. The lowest BCUT2D eigenvalue weighted by Gasteiger charge is -2.15. The van der Waals surface area contributed by atoms with Crippen molar-refractivity contribution in [3.63, 3.8) is 0 Å². The summed E-state index contributed by atoms with van der Waals surface area (Å²) in [4.78, 5) is 0. The molecule has 0 aliphatic heterocycles. The summed E-state index contributed by atoms with van der Waals surface area (Å²) in [6.45, 7) is 1.52. The van der Waals surface area contributed by atoms with Gasteiger partial charge in [0.2, 0.25) is 0 Å². The molecule has 0 saturated heterocycles. The molecule has 92 valence electrons. The Hall–Kier alpha value is -0.730. The van der Waals surface area contributed by atoms with Crippen molar-refractivity contribution in [3.8, 4) is 5.75 Å². The maximum atomic E-state index is 6.16. The van der Waals surface area contributed by atoms with Crippen LogP contribution in [0, 0.1) is 5.92 Å². The van der Waals surface area contributed by atoms with E-state index in [1.54, 1.807) is 0 Å². The smallest absolute Gasteiger partial charge is 0.138 e. The van der Waals surface area contributed by atoms with Gasteiger partial charge in [0.25, 0.3) is 0 Å². The monoisotopic (exact) mass is 251 g/mol. The molecule has 2 aliphatic carbocycles. The molecule has 2 nitrogen and oxygen atoms in total. The van der Waals surface area contributed by atoms with Crippen molar-refractivity contribution >= 4 is 11.6 Å². The Labute approximate surface area is 107 Å². The van der Waals surface area contributed by atoms with Crippen LogP contribution in [0.2, 0.25) is 5.02 Å². The molecule has 0 amide bonds. The summed E-state index contributed by atoms with van der Waals surface area (Å²) in [5, 5.41) is 0.710. The maximum Gasteiger partial charge on any atom is 0.138 e. The topological polar surface area (TPSA) is 35.2 Å². The third-order valence-electron chi connectivity index (χ3n) is 3.96. The molecular formula is C14H18ClNO. The molecule has 1 aromatic carbocycles. The molecule has 2 aliphatic rings. The number of ether oxygens (including phenoxy) is 1. The minimum absolute atomic E-state index is 0.211. The van der Waals surface area contributed by atoms with E-state index in [0.717, 1.165) is 24.8 Å². The molecule has 3 rings (SSSR count). The van der Waals surface area contributed by atoms with Crippen LogP contribution in [0.1, 0.15) is 31.2 Å². The molecule has 0 unspecified atom stereocenters. The van der Waals surface area contributed by atoms with E-state index in [1.807, 2.05) is 6.07 Å². The molecule has 2 N–H and O–H groups in total. The SMILES string of the molecule is NCC1(c2ccc(Cl)c(OCC3CC3)c2)CC1. The first-order valence-electron chi connectivity index (χ1n) is 6.36. The Morgan fingerprint density at radius 3 is 2.71 bits per heavy atom. The van der Waals surface area contributed by atoms with Gasteiger partial charge in [-0.25, -0.2) is 0 Å². The lowest BCUT2D eigenvalue weighted by Crippen LogP contribution is -2.19. The van der Waals surface area contributed by atoms with Crippen molar-refractivity contribution in [1.29, 1.82) is 0 Å². The van der Waals surface area contributed by atoms with Crippen LogP contribution in [0.15, 0.2) is 18.2 Å². The van der Waals surface area contributed by atoms with Gasteiger partial charge in [-0.1, -0.05) is 17.7 Å². The summed E-state index contributed by atoms with van der Waals surface area (Å²) in [7, 11) is 0. The van der Waals surface area contributed by atoms with Gasteiger partial charge in [0.15, 0.2) is 0 Å². The number of hydrogen-bond donors (Lipinski definition) is 1. The second-order valence-corrected chi connectivity index (χ2v) is 5.79. The Balaban J connectivity index is 1.78. The molecule has 2 fully saturated rings. The van der Waals surface area contributed by atoms with Crippen LogP contribution in [0.5, 0.6) is 5.75 Å². The molecule has 2 saturated carbocycles. The van der Waals surface area contributed by atoms with Crippen molar-refractivity contribution in [3.05, 3.63) is 28.8 Å². The molecule has 0 spiro atoms. The van der Waals surface area contributed by atoms with Gasteiger partial charge in [-0.05, 0) is 49.3 Å². The lowest BCUT2D eigenvalue weighted by atomic mass is 9.96. The van der Waals surface area contributed by atoms with Gasteiger partial charge in [-0.2, -0.15) is 0 Å². The van der Waals surface area contributed by atoms with E-state index in [2.05, 4.69) is 12.1 Å². The summed E-state index contributed by atoms with van der Waals surface area (Å²) in [6.07, 6.45) is 4.97. The van der Waals surface area contributed by atoms with E-state index in [4.69, 9.17) is 22.1 Å². The lowest BCUT2D eigenvalue weighted by molar-refractivity contribution is 0.299. The molecule has 0 atom stereocenters. The van der Waals surface area contributed by atoms with Gasteiger partial charge in [-0.3, -0.25) is 0 Å². The fourth-order valence-electron chi connectivity index (χ4n) is 2.20. The van der Waals surface area contributed by atoms with Crippen LogP contribution in [0.4, 0.5) is 0 Å². The molecule has 0 radical (unpaired) electrons. The quantitative estimate of drug-likeness (QED) is 0.873. The van der Waals surface area contributed by atoms with Crippen LogP contribution in [-0.2, 0) is 5.41 Å². The second-order valence-electron chi connectivity index (χ2n) is 5.38. The summed E-state index contributed by atoms with van der Waals surface area (Å²) in [5.41, 5.74) is 7.35. The first-order valence-corrected chi connectivity index (χ1v) is 6.74. The van der Waals surface area contributed by atoms with Crippen LogP contribution < -0.4 is 10.5 Å². The van der Waals surface area contributed by atoms with Crippen molar-refractivity contribution < 1.29 is 4.74 Å². The van der Waals surface area contributed by atoms with Crippen LogP contribution in [-0.4, -0.2) is 13.2 Å². The van der Waals surface area contributed by atoms with E-state index in [9.17, 15) is 0 Å². The van der Waals surface area contributed by atoms with Crippen molar-refractivity contribution in [2.24, 2.45) is 11.7 Å². The van der Waals surface area contributed by atoms with Gasteiger partial charge < -0.3 is 10.5 Å². The zero-order valence-electron chi connectivity index (χ0n) is 9.92. The highest BCUT2D eigenvalue weighted by molar-refractivity contribution is 6.32. The highest BCUT2D eigenvalue weighted by Crippen LogP contribution is 2.48. The third-order valence-corrected chi connectivity index (χ3v) is 4.27. The van der Waals surface area contributed by atoms with Gasteiger partial charge in [-0.15, -0.1) is 0 Å². The normalized spacial score (nSPS) is 21.3. The van der Waals surface area contributed by atoms with Crippen LogP contribution in [0.25, 0.3) is 0 Å². The number of halogens is 1. The standard InChI is InChI=1S/C14H18ClNO/c15-12-4-3-11(14(9-16)5-6-14)7-13(12)17-8-10-1-2-10/h3-4,7,10H,1-2,5-6,8-9,16H2. The predicted octanol–water partition coefficient (Wildman–Crippen LogP) is 3.12. The van der Waals surface area contributed by atoms with Crippen molar-refractivity contribution in [1.82, 2.24) is 0 Å². The highest BCUT2D eigenvalue weighted by Gasteiger charge is 2.43. The minimum atomic E-state index is 0.211. The second kappa shape index (κ2) is 4.18. The van der Waals surface area contributed by atoms with Gasteiger partial charge >= 0.3 is 0 Å². The predicted molar refractivity (Wildman–Crippen MR) is 69.6 cm³/mol. The first-order chi connectivity index (χ1) is 8.23. The van der Waals surface area contributed by atoms with Gasteiger partial charge in [0.1, 0.15) is 5.75 Å². The fourth-order valence-corrected chi connectivity index (χ4v) is 2.37. The van der Waals surface area contributed by atoms with Crippen molar-refractivity contribution in [2.75, 3.05) is 13.2 Å². The number of nitrogens with two attached hydrogens (primary N) is 1. The van der Waals surface area contributed by atoms with E-state index in [-0.39, 0.29) is 5.41 Å². The van der Waals surface area contributed by atoms with Gasteiger partial charge in [0, 0.05) is 12.0 Å². The van der Waals surface area contributed by atoms with Crippen LogP contribution in [0.3, 0.4) is 0 Å².